The second-order valence-corrected chi connectivity index (χ2v) is 6.53. The molecule has 128 valence electrons. The molecule has 3 aromatic rings. The van der Waals surface area contributed by atoms with Gasteiger partial charge in [0.2, 0.25) is 5.91 Å². The molecule has 1 aromatic carbocycles. The lowest BCUT2D eigenvalue weighted by Crippen LogP contribution is -2.50. The summed E-state index contributed by atoms with van der Waals surface area (Å²) in [6.45, 7) is 4.21. The van der Waals surface area contributed by atoms with Crippen molar-refractivity contribution in [3.63, 3.8) is 0 Å². The van der Waals surface area contributed by atoms with Crippen molar-refractivity contribution in [3.05, 3.63) is 52.9 Å². The second-order valence-electron chi connectivity index (χ2n) is 6.09. The molecule has 2 aromatic heterocycles. The van der Waals surface area contributed by atoms with Crippen LogP contribution in [0.15, 0.2) is 36.7 Å². The first-order valence-corrected chi connectivity index (χ1v) is 8.42. The molecule has 0 radical (unpaired) electrons. The zero-order chi connectivity index (χ0) is 17.4. The molecule has 0 spiro atoms. The van der Waals surface area contributed by atoms with Crippen molar-refractivity contribution in [2.24, 2.45) is 0 Å². The van der Waals surface area contributed by atoms with Crippen molar-refractivity contribution in [2.75, 3.05) is 24.5 Å². The molecule has 0 unspecified atom stereocenters. The number of piperazine rings is 1. The minimum atomic E-state index is 0.0870. The number of nitrogens with zero attached hydrogens (tertiary/aromatic N) is 6. The van der Waals surface area contributed by atoms with Crippen LogP contribution in [-0.2, 0) is 11.3 Å². The Morgan fingerprint density at radius 3 is 2.76 bits per heavy atom. The molecule has 0 saturated carbocycles. The summed E-state index contributed by atoms with van der Waals surface area (Å²) in [7, 11) is 0. The normalized spacial score (nSPS) is 15.2. The number of rotatable bonds is 3. The number of benzene rings is 1. The van der Waals surface area contributed by atoms with Gasteiger partial charge >= 0.3 is 0 Å². The fourth-order valence-corrected chi connectivity index (χ4v) is 3.14. The Balaban J connectivity index is 1.52. The Kier molecular flexibility index (Phi) is 4.01. The summed E-state index contributed by atoms with van der Waals surface area (Å²) in [6, 6.07) is 9.53. The highest BCUT2D eigenvalue weighted by atomic mass is 35.5. The SMILES string of the molecule is Cc1cc(N2CCN(Cc3ccc(Cl)cc3)C(=O)C2)n2ncnc2n1. The van der Waals surface area contributed by atoms with Gasteiger partial charge in [-0.3, -0.25) is 4.79 Å². The van der Waals surface area contributed by atoms with Crippen molar-refractivity contribution in [3.8, 4) is 0 Å². The largest absolute Gasteiger partial charge is 0.345 e. The smallest absolute Gasteiger partial charge is 0.254 e. The lowest BCUT2D eigenvalue weighted by Gasteiger charge is -2.35. The highest BCUT2D eigenvalue weighted by Crippen LogP contribution is 2.19. The first-order chi connectivity index (χ1) is 12.1. The number of anilines is 1. The van der Waals surface area contributed by atoms with Gasteiger partial charge < -0.3 is 9.80 Å². The van der Waals surface area contributed by atoms with E-state index in [0.717, 1.165) is 23.6 Å². The van der Waals surface area contributed by atoms with Crippen LogP contribution >= 0.6 is 11.6 Å². The number of halogens is 1. The average molecular weight is 357 g/mol. The molecule has 0 aliphatic carbocycles. The first kappa shape index (κ1) is 15.8. The molecule has 0 N–H and O–H groups in total. The van der Waals surface area contributed by atoms with Crippen LogP contribution in [0.5, 0.6) is 0 Å². The summed E-state index contributed by atoms with van der Waals surface area (Å²) in [4.78, 5) is 25.0. The average Bonchev–Trinajstić information content (AvgIpc) is 3.06. The van der Waals surface area contributed by atoms with Crippen LogP contribution in [0.25, 0.3) is 5.78 Å². The minimum absolute atomic E-state index is 0.0870. The van der Waals surface area contributed by atoms with Gasteiger partial charge in [-0.1, -0.05) is 23.7 Å². The predicted molar refractivity (Wildman–Crippen MR) is 94.6 cm³/mol. The van der Waals surface area contributed by atoms with E-state index in [2.05, 4.69) is 15.1 Å². The number of carbonyl (C=O) groups excluding carboxylic acids is 1. The molecule has 3 heterocycles. The van der Waals surface area contributed by atoms with Gasteiger partial charge in [0, 0.05) is 36.4 Å². The molecule has 25 heavy (non-hydrogen) atoms. The summed E-state index contributed by atoms with van der Waals surface area (Å²) in [5.74, 6) is 1.48. The molecule has 1 aliphatic heterocycles. The van der Waals surface area contributed by atoms with Gasteiger partial charge in [-0.15, -0.1) is 0 Å². The van der Waals surface area contributed by atoms with E-state index in [1.807, 2.05) is 47.1 Å². The summed E-state index contributed by atoms with van der Waals surface area (Å²) >= 11 is 5.92. The molecule has 0 bridgehead atoms. The van der Waals surface area contributed by atoms with Crippen LogP contribution in [0.4, 0.5) is 5.82 Å². The maximum Gasteiger partial charge on any atom is 0.254 e. The van der Waals surface area contributed by atoms with Crippen LogP contribution in [0.3, 0.4) is 0 Å². The lowest BCUT2D eigenvalue weighted by molar-refractivity contribution is -0.131. The maximum atomic E-state index is 12.6. The predicted octanol–water partition coefficient (Wildman–Crippen LogP) is 1.93. The summed E-state index contributed by atoms with van der Waals surface area (Å²) in [6.07, 6.45) is 1.48. The molecule has 0 atom stereocenters. The van der Waals surface area contributed by atoms with Crippen molar-refractivity contribution < 1.29 is 4.79 Å². The number of amides is 1. The van der Waals surface area contributed by atoms with Gasteiger partial charge in [-0.2, -0.15) is 14.6 Å². The van der Waals surface area contributed by atoms with E-state index in [1.54, 1.807) is 4.52 Å². The fraction of sp³-hybridized carbons (Fsp3) is 0.294. The van der Waals surface area contributed by atoms with Gasteiger partial charge in [0.1, 0.15) is 12.1 Å². The number of hydrogen-bond acceptors (Lipinski definition) is 5. The van der Waals surface area contributed by atoms with E-state index >= 15 is 0 Å². The van der Waals surface area contributed by atoms with Gasteiger partial charge in [-0.25, -0.2) is 4.98 Å². The van der Waals surface area contributed by atoms with E-state index < -0.39 is 0 Å². The third-order valence-corrected chi connectivity index (χ3v) is 4.54. The molecular weight excluding hydrogens is 340 g/mol. The van der Waals surface area contributed by atoms with Crippen molar-refractivity contribution in [1.82, 2.24) is 24.5 Å². The molecule has 7 nitrogen and oxygen atoms in total. The molecule has 8 heteroatoms. The Morgan fingerprint density at radius 2 is 2.00 bits per heavy atom. The summed E-state index contributed by atoms with van der Waals surface area (Å²) in [5, 5.41) is 4.92. The third-order valence-electron chi connectivity index (χ3n) is 4.29. The zero-order valence-electron chi connectivity index (χ0n) is 13.8. The van der Waals surface area contributed by atoms with Crippen molar-refractivity contribution in [1.29, 1.82) is 0 Å². The third kappa shape index (κ3) is 3.15. The highest BCUT2D eigenvalue weighted by Gasteiger charge is 2.26. The summed E-state index contributed by atoms with van der Waals surface area (Å²) < 4.78 is 1.68. The number of carbonyl (C=O) groups is 1. The van der Waals surface area contributed by atoms with Crippen LogP contribution in [-0.4, -0.2) is 50.0 Å². The molecule has 4 rings (SSSR count). The van der Waals surface area contributed by atoms with Crippen LogP contribution in [0.1, 0.15) is 11.3 Å². The number of fused-ring (bicyclic) bond motifs is 1. The van der Waals surface area contributed by atoms with Gasteiger partial charge in [0.15, 0.2) is 0 Å². The zero-order valence-corrected chi connectivity index (χ0v) is 14.5. The fourth-order valence-electron chi connectivity index (χ4n) is 3.02. The van der Waals surface area contributed by atoms with E-state index in [0.29, 0.717) is 30.4 Å². The number of hydrogen-bond donors (Lipinski definition) is 0. The van der Waals surface area contributed by atoms with Crippen LogP contribution in [0, 0.1) is 6.92 Å². The Bertz CT molecular complexity index is 923. The van der Waals surface area contributed by atoms with E-state index in [9.17, 15) is 4.79 Å². The molecule has 1 amide bonds. The Labute approximate surface area is 149 Å². The monoisotopic (exact) mass is 356 g/mol. The van der Waals surface area contributed by atoms with Gasteiger partial charge in [0.05, 0.1) is 6.54 Å². The van der Waals surface area contributed by atoms with Crippen LogP contribution in [0.2, 0.25) is 5.02 Å². The number of aryl methyl sites for hydroxylation is 1. The Hall–Kier alpha value is -2.67. The molecule has 1 saturated heterocycles. The van der Waals surface area contributed by atoms with Crippen molar-refractivity contribution >= 4 is 29.1 Å². The van der Waals surface area contributed by atoms with E-state index in [1.165, 1.54) is 6.33 Å². The molecule has 1 aliphatic rings. The first-order valence-electron chi connectivity index (χ1n) is 8.05. The molecule has 1 fully saturated rings. The van der Waals surface area contributed by atoms with Gasteiger partial charge in [-0.05, 0) is 24.6 Å². The highest BCUT2D eigenvalue weighted by molar-refractivity contribution is 6.30. The summed E-state index contributed by atoms with van der Waals surface area (Å²) in [5.41, 5.74) is 1.93. The van der Waals surface area contributed by atoms with Crippen LogP contribution < -0.4 is 4.90 Å². The number of aromatic nitrogens is 4. The topological polar surface area (TPSA) is 66.6 Å². The Morgan fingerprint density at radius 1 is 1.20 bits per heavy atom. The maximum absolute atomic E-state index is 12.6. The molecular formula is C17H17ClN6O. The minimum Gasteiger partial charge on any atom is -0.345 e. The quantitative estimate of drug-likeness (QED) is 0.717. The standard InChI is InChI=1S/C17H17ClN6O/c1-12-8-15(24-17(21-12)19-11-20-24)22-6-7-23(16(25)10-22)9-13-2-4-14(18)5-3-13/h2-5,8,11H,6-7,9-10H2,1H3. The van der Waals surface area contributed by atoms with E-state index in [-0.39, 0.29) is 5.91 Å². The lowest BCUT2D eigenvalue weighted by atomic mass is 10.2. The van der Waals surface area contributed by atoms with E-state index in [4.69, 9.17) is 11.6 Å². The second kappa shape index (κ2) is 6.33. The van der Waals surface area contributed by atoms with Crippen molar-refractivity contribution in [2.45, 2.75) is 13.5 Å². The van der Waals surface area contributed by atoms with Gasteiger partial charge in [0.25, 0.3) is 5.78 Å².